The van der Waals surface area contributed by atoms with E-state index in [1.54, 1.807) is 0 Å². The molecule has 0 radical (unpaired) electrons. The summed E-state index contributed by atoms with van der Waals surface area (Å²) in [6.45, 7) is 5.95. The number of nitrogens with one attached hydrogen (secondary N) is 2. The molecule has 0 aromatic carbocycles. The Labute approximate surface area is 112 Å². The summed E-state index contributed by atoms with van der Waals surface area (Å²) in [5.74, 6) is -0.0648. The Balaban J connectivity index is 1.95. The third-order valence-corrected chi connectivity index (χ3v) is 4.40. The van der Waals surface area contributed by atoms with Gasteiger partial charge in [-0.05, 0) is 30.7 Å². The SMILES string of the molecule is CCCNC(=O)c1sc(NCC2(C)CC2)cc1N. The smallest absolute Gasteiger partial charge is 0.263 e. The van der Waals surface area contributed by atoms with Gasteiger partial charge in [-0.25, -0.2) is 0 Å². The molecule has 1 heterocycles. The van der Waals surface area contributed by atoms with Gasteiger partial charge < -0.3 is 16.4 Å². The predicted molar refractivity (Wildman–Crippen MR) is 77.2 cm³/mol. The predicted octanol–water partition coefficient (Wildman–Crippen LogP) is 2.68. The fourth-order valence-corrected chi connectivity index (χ4v) is 2.57. The molecule has 18 heavy (non-hydrogen) atoms. The third kappa shape index (κ3) is 3.16. The van der Waals surface area contributed by atoms with Crippen molar-refractivity contribution >= 4 is 27.9 Å². The molecule has 1 aliphatic rings. The van der Waals surface area contributed by atoms with Crippen molar-refractivity contribution in [2.45, 2.75) is 33.1 Å². The molecule has 0 aliphatic heterocycles. The first-order chi connectivity index (χ1) is 8.54. The Kier molecular flexibility index (Phi) is 3.80. The summed E-state index contributed by atoms with van der Waals surface area (Å²) >= 11 is 1.44. The average molecular weight is 267 g/mol. The van der Waals surface area contributed by atoms with Crippen LogP contribution in [0, 0.1) is 5.41 Å². The Bertz CT molecular complexity index is 437. The Hall–Kier alpha value is -1.23. The lowest BCUT2D eigenvalue weighted by molar-refractivity contribution is 0.0958. The first-order valence-electron chi connectivity index (χ1n) is 6.45. The molecule has 1 saturated carbocycles. The molecule has 1 amide bonds. The van der Waals surface area contributed by atoms with Crippen molar-refractivity contribution in [2.24, 2.45) is 5.41 Å². The summed E-state index contributed by atoms with van der Waals surface area (Å²) < 4.78 is 0. The molecule has 0 spiro atoms. The van der Waals surface area contributed by atoms with Crippen molar-refractivity contribution in [3.8, 4) is 0 Å². The number of rotatable bonds is 6. The molecule has 100 valence electrons. The molecule has 0 unspecified atom stereocenters. The maximum absolute atomic E-state index is 11.8. The molecule has 5 heteroatoms. The Morgan fingerprint density at radius 1 is 1.56 bits per heavy atom. The van der Waals surface area contributed by atoms with Gasteiger partial charge >= 0.3 is 0 Å². The minimum Gasteiger partial charge on any atom is -0.397 e. The zero-order valence-corrected chi connectivity index (χ0v) is 11.8. The normalized spacial score (nSPS) is 16.3. The van der Waals surface area contributed by atoms with E-state index >= 15 is 0 Å². The largest absolute Gasteiger partial charge is 0.397 e. The standard InChI is InChI=1S/C13H21N3OS/c1-3-6-15-12(17)11-9(14)7-10(18-11)16-8-13(2)4-5-13/h7,16H,3-6,8,14H2,1-2H3,(H,15,17). The minimum absolute atomic E-state index is 0.0648. The molecule has 1 aliphatic carbocycles. The molecule has 4 nitrogen and oxygen atoms in total. The van der Waals surface area contributed by atoms with Gasteiger partial charge in [-0.3, -0.25) is 4.79 Å². The molecular weight excluding hydrogens is 246 g/mol. The molecule has 4 N–H and O–H groups in total. The van der Waals surface area contributed by atoms with Crippen molar-refractivity contribution in [1.82, 2.24) is 5.32 Å². The highest BCUT2D eigenvalue weighted by Crippen LogP contribution is 2.45. The number of carbonyl (C=O) groups excluding carboxylic acids is 1. The highest BCUT2D eigenvalue weighted by Gasteiger charge is 2.36. The van der Waals surface area contributed by atoms with E-state index in [0.717, 1.165) is 18.0 Å². The zero-order valence-electron chi connectivity index (χ0n) is 11.0. The van der Waals surface area contributed by atoms with Crippen molar-refractivity contribution in [1.29, 1.82) is 0 Å². The number of hydrogen-bond acceptors (Lipinski definition) is 4. The van der Waals surface area contributed by atoms with Crippen LogP contribution in [0.25, 0.3) is 0 Å². The maximum atomic E-state index is 11.8. The van der Waals surface area contributed by atoms with Crippen LogP contribution < -0.4 is 16.4 Å². The lowest BCUT2D eigenvalue weighted by Gasteiger charge is -2.08. The summed E-state index contributed by atoms with van der Waals surface area (Å²) in [5.41, 5.74) is 6.89. The monoisotopic (exact) mass is 267 g/mol. The van der Waals surface area contributed by atoms with Gasteiger partial charge in [0.05, 0.1) is 10.7 Å². The van der Waals surface area contributed by atoms with Crippen LogP contribution in [-0.4, -0.2) is 19.0 Å². The van der Waals surface area contributed by atoms with Crippen LogP contribution in [0.15, 0.2) is 6.07 Å². The lowest BCUT2D eigenvalue weighted by Crippen LogP contribution is -2.23. The van der Waals surface area contributed by atoms with Crippen molar-refractivity contribution in [3.05, 3.63) is 10.9 Å². The number of carbonyl (C=O) groups is 1. The molecule has 0 atom stereocenters. The van der Waals surface area contributed by atoms with Crippen LogP contribution in [0.4, 0.5) is 10.7 Å². The summed E-state index contributed by atoms with van der Waals surface area (Å²) in [6, 6.07) is 1.86. The molecule has 1 fully saturated rings. The number of amides is 1. The number of hydrogen-bond donors (Lipinski definition) is 3. The van der Waals surface area contributed by atoms with Crippen molar-refractivity contribution in [3.63, 3.8) is 0 Å². The fourth-order valence-electron chi connectivity index (χ4n) is 1.68. The quantitative estimate of drug-likeness (QED) is 0.742. The van der Waals surface area contributed by atoms with Gasteiger partial charge in [0.15, 0.2) is 0 Å². The number of thiophene rings is 1. The Morgan fingerprint density at radius 3 is 2.89 bits per heavy atom. The van der Waals surface area contributed by atoms with E-state index in [-0.39, 0.29) is 5.91 Å². The van der Waals surface area contributed by atoms with E-state index in [9.17, 15) is 4.79 Å². The summed E-state index contributed by atoms with van der Waals surface area (Å²) in [5, 5.41) is 7.22. The third-order valence-electron chi connectivity index (χ3n) is 3.30. The Morgan fingerprint density at radius 2 is 2.28 bits per heavy atom. The summed E-state index contributed by atoms with van der Waals surface area (Å²) in [7, 11) is 0. The molecule has 0 bridgehead atoms. The highest BCUT2D eigenvalue weighted by atomic mass is 32.1. The number of anilines is 2. The van der Waals surface area contributed by atoms with Crippen LogP contribution in [0.2, 0.25) is 0 Å². The van der Waals surface area contributed by atoms with Gasteiger partial charge in [-0.15, -0.1) is 11.3 Å². The topological polar surface area (TPSA) is 67.2 Å². The first kappa shape index (κ1) is 13.2. The zero-order chi connectivity index (χ0) is 13.2. The van der Waals surface area contributed by atoms with Crippen molar-refractivity contribution in [2.75, 3.05) is 24.1 Å². The summed E-state index contributed by atoms with van der Waals surface area (Å²) in [4.78, 5) is 12.5. The van der Waals surface area contributed by atoms with E-state index in [1.165, 1.54) is 24.2 Å². The van der Waals surface area contributed by atoms with Crippen LogP contribution in [-0.2, 0) is 0 Å². The lowest BCUT2D eigenvalue weighted by atomic mass is 10.1. The van der Waals surface area contributed by atoms with Crippen LogP contribution in [0.5, 0.6) is 0 Å². The molecule has 2 rings (SSSR count). The van der Waals surface area contributed by atoms with E-state index < -0.39 is 0 Å². The first-order valence-corrected chi connectivity index (χ1v) is 7.27. The maximum Gasteiger partial charge on any atom is 0.263 e. The highest BCUT2D eigenvalue weighted by molar-refractivity contribution is 7.18. The fraction of sp³-hybridized carbons (Fsp3) is 0.615. The molecular formula is C13H21N3OS. The molecule has 1 aromatic heterocycles. The second-order valence-electron chi connectivity index (χ2n) is 5.32. The minimum atomic E-state index is -0.0648. The van der Waals surface area contributed by atoms with Gasteiger partial charge in [0, 0.05) is 13.1 Å². The number of nitrogen functional groups attached to an aromatic ring is 1. The van der Waals surface area contributed by atoms with Crippen molar-refractivity contribution < 1.29 is 4.79 Å². The average Bonchev–Trinajstić information content (AvgIpc) is 2.95. The van der Waals surface area contributed by atoms with Crippen LogP contribution in [0.1, 0.15) is 42.8 Å². The van der Waals surface area contributed by atoms with E-state index in [1.807, 2.05) is 13.0 Å². The summed E-state index contributed by atoms with van der Waals surface area (Å²) in [6.07, 6.45) is 3.50. The molecule has 0 saturated heterocycles. The van der Waals surface area contributed by atoms with Crippen LogP contribution >= 0.6 is 11.3 Å². The second-order valence-corrected chi connectivity index (χ2v) is 6.37. The van der Waals surface area contributed by atoms with Crippen LogP contribution in [0.3, 0.4) is 0 Å². The van der Waals surface area contributed by atoms with Gasteiger partial charge in [0.25, 0.3) is 5.91 Å². The van der Waals surface area contributed by atoms with E-state index in [4.69, 9.17) is 5.73 Å². The van der Waals surface area contributed by atoms with Gasteiger partial charge in [-0.1, -0.05) is 13.8 Å². The second kappa shape index (κ2) is 5.18. The van der Waals surface area contributed by atoms with Gasteiger partial charge in [-0.2, -0.15) is 0 Å². The van der Waals surface area contributed by atoms with Gasteiger partial charge in [0.1, 0.15) is 4.88 Å². The molecule has 1 aromatic rings. The number of nitrogens with two attached hydrogens (primary N) is 1. The van der Waals surface area contributed by atoms with E-state index in [0.29, 0.717) is 22.5 Å². The van der Waals surface area contributed by atoms with E-state index in [2.05, 4.69) is 17.6 Å². The van der Waals surface area contributed by atoms with Gasteiger partial charge in [0.2, 0.25) is 0 Å².